The van der Waals surface area contributed by atoms with Crippen LogP contribution >= 0.6 is 23.4 Å². The number of hydrogen-bond donors (Lipinski definition) is 0. The molecule has 0 N–H and O–H groups in total. The summed E-state index contributed by atoms with van der Waals surface area (Å²) in [5.74, 6) is 1.60. The maximum Gasteiger partial charge on any atom is 0.247 e. The Morgan fingerprint density at radius 2 is 1.90 bits per heavy atom. The largest absolute Gasteiger partial charge is 0.447 e. The molecule has 1 aliphatic rings. The predicted molar refractivity (Wildman–Crippen MR) is 123 cm³/mol. The molecule has 0 fully saturated rings. The van der Waals surface area contributed by atoms with Crippen LogP contribution in [-0.2, 0) is 4.79 Å². The Kier molecular flexibility index (Phi) is 6.43. The number of aromatic nitrogens is 3. The molecule has 2 aromatic carbocycles. The minimum absolute atomic E-state index is 0.0902. The number of para-hydroxylation sites is 1. The number of fused-ring (bicyclic) bond motifs is 3. The zero-order valence-electron chi connectivity index (χ0n) is 17.6. The summed E-state index contributed by atoms with van der Waals surface area (Å²) in [4.78, 5) is 19.4. The molecule has 8 heteroatoms. The van der Waals surface area contributed by atoms with Crippen molar-refractivity contribution < 1.29 is 9.53 Å². The minimum Gasteiger partial charge on any atom is -0.447 e. The highest BCUT2D eigenvalue weighted by atomic mass is 35.5. The normalized spacial score (nSPS) is 15.1. The van der Waals surface area contributed by atoms with Gasteiger partial charge in [0.25, 0.3) is 0 Å². The van der Waals surface area contributed by atoms with Crippen LogP contribution in [0, 0.1) is 5.92 Å². The van der Waals surface area contributed by atoms with E-state index >= 15 is 0 Å². The molecule has 31 heavy (non-hydrogen) atoms. The molecule has 0 aliphatic carbocycles. The van der Waals surface area contributed by atoms with E-state index in [1.165, 1.54) is 11.8 Å². The van der Waals surface area contributed by atoms with Gasteiger partial charge in [-0.1, -0.05) is 80.5 Å². The molecule has 1 aromatic heterocycles. The fraction of sp³-hybridized carbons (Fsp3) is 0.304. The third kappa shape index (κ3) is 4.38. The van der Waals surface area contributed by atoms with Gasteiger partial charge in [0.05, 0.1) is 5.69 Å². The third-order valence-electron chi connectivity index (χ3n) is 4.80. The summed E-state index contributed by atoms with van der Waals surface area (Å²) in [6, 6.07) is 14.9. The number of benzene rings is 2. The molecule has 0 spiro atoms. The molecule has 160 valence electrons. The molecule has 1 amide bonds. The van der Waals surface area contributed by atoms with Gasteiger partial charge in [-0.2, -0.15) is 4.98 Å². The highest BCUT2D eigenvalue weighted by molar-refractivity contribution is 7.99. The molecular weight excluding hydrogens is 432 g/mol. The molecular formula is C23H23ClN4O2S. The van der Waals surface area contributed by atoms with Crippen molar-refractivity contribution in [1.82, 2.24) is 15.2 Å². The van der Waals surface area contributed by atoms with E-state index < -0.39 is 6.23 Å². The van der Waals surface area contributed by atoms with Crippen LogP contribution in [0.2, 0.25) is 5.02 Å². The number of halogens is 1. The Labute approximate surface area is 191 Å². The van der Waals surface area contributed by atoms with Crippen LogP contribution in [-0.4, -0.2) is 26.8 Å². The first-order valence-electron chi connectivity index (χ1n) is 10.2. The molecule has 6 nitrogen and oxygen atoms in total. The third-order valence-corrected chi connectivity index (χ3v) is 6.41. The van der Waals surface area contributed by atoms with Crippen molar-refractivity contribution in [2.24, 2.45) is 5.92 Å². The highest BCUT2D eigenvalue weighted by Gasteiger charge is 2.36. The van der Waals surface area contributed by atoms with Gasteiger partial charge in [-0.05, 0) is 18.1 Å². The van der Waals surface area contributed by atoms with Crippen LogP contribution in [0.4, 0.5) is 5.69 Å². The molecule has 0 saturated heterocycles. The van der Waals surface area contributed by atoms with Crippen molar-refractivity contribution >= 4 is 35.0 Å². The molecule has 3 aromatic rings. The Hall–Kier alpha value is -2.64. The summed E-state index contributed by atoms with van der Waals surface area (Å²) in [6.07, 6.45) is -0.466. The smallest absolute Gasteiger partial charge is 0.247 e. The lowest BCUT2D eigenvalue weighted by atomic mass is 10.1. The lowest BCUT2D eigenvalue weighted by Gasteiger charge is -2.31. The van der Waals surface area contributed by atoms with Crippen LogP contribution in [0.5, 0.6) is 5.88 Å². The molecule has 2 heterocycles. The van der Waals surface area contributed by atoms with Crippen molar-refractivity contribution in [3.8, 4) is 17.1 Å². The van der Waals surface area contributed by atoms with E-state index in [0.29, 0.717) is 45.3 Å². The maximum absolute atomic E-state index is 13.1. The molecule has 4 rings (SSSR count). The second-order valence-electron chi connectivity index (χ2n) is 7.58. The van der Waals surface area contributed by atoms with Gasteiger partial charge in [0.1, 0.15) is 0 Å². The van der Waals surface area contributed by atoms with Gasteiger partial charge in [-0.3, -0.25) is 9.69 Å². The van der Waals surface area contributed by atoms with E-state index in [1.807, 2.05) is 49.4 Å². The molecule has 0 saturated carbocycles. The molecule has 1 atom stereocenters. The lowest BCUT2D eigenvalue weighted by molar-refractivity contribution is -0.120. The maximum atomic E-state index is 13.1. The fourth-order valence-electron chi connectivity index (χ4n) is 3.33. The summed E-state index contributed by atoms with van der Waals surface area (Å²) < 4.78 is 6.38. The number of nitrogens with zero attached hydrogens (tertiary/aromatic N) is 4. The van der Waals surface area contributed by atoms with Crippen LogP contribution in [0.25, 0.3) is 11.3 Å². The highest BCUT2D eigenvalue weighted by Crippen LogP contribution is 2.44. The quantitative estimate of drug-likeness (QED) is 0.455. The molecule has 0 bridgehead atoms. The van der Waals surface area contributed by atoms with Gasteiger partial charge in [0.15, 0.2) is 5.69 Å². The predicted octanol–water partition coefficient (Wildman–Crippen LogP) is 5.77. The van der Waals surface area contributed by atoms with Gasteiger partial charge in [0.2, 0.25) is 23.2 Å². The van der Waals surface area contributed by atoms with Crippen molar-refractivity contribution in [2.45, 2.75) is 38.6 Å². The average Bonchev–Trinajstić information content (AvgIpc) is 2.91. The Balaban J connectivity index is 1.90. The van der Waals surface area contributed by atoms with Gasteiger partial charge in [0, 0.05) is 28.3 Å². The lowest BCUT2D eigenvalue weighted by Crippen LogP contribution is -2.37. The zero-order chi connectivity index (χ0) is 22.0. The number of ether oxygens (including phenoxy) is 1. The van der Waals surface area contributed by atoms with Gasteiger partial charge in [-0.15, -0.1) is 10.2 Å². The van der Waals surface area contributed by atoms with Crippen molar-refractivity contribution in [2.75, 3.05) is 10.7 Å². The average molecular weight is 455 g/mol. The number of hydrogen-bond acceptors (Lipinski definition) is 6. The Morgan fingerprint density at radius 1 is 1.16 bits per heavy atom. The molecule has 1 aliphatic heterocycles. The van der Waals surface area contributed by atoms with Crippen molar-refractivity contribution in [1.29, 1.82) is 0 Å². The Bertz CT molecular complexity index is 1110. The summed E-state index contributed by atoms with van der Waals surface area (Å²) in [7, 11) is 0. The summed E-state index contributed by atoms with van der Waals surface area (Å²) in [6.45, 7) is 6.10. The summed E-state index contributed by atoms with van der Waals surface area (Å²) in [5.41, 5.74) is 2.63. The van der Waals surface area contributed by atoms with Gasteiger partial charge in [-0.25, -0.2) is 0 Å². The Morgan fingerprint density at radius 3 is 2.65 bits per heavy atom. The first-order valence-corrected chi connectivity index (χ1v) is 11.6. The van der Waals surface area contributed by atoms with Crippen LogP contribution in [0.1, 0.15) is 39.0 Å². The number of carbonyl (C=O) groups excluding carboxylic acids is 1. The van der Waals surface area contributed by atoms with Gasteiger partial charge >= 0.3 is 0 Å². The summed E-state index contributed by atoms with van der Waals surface area (Å²) in [5, 5.41) is 9.79. The first kappa shape index (κ1) is 21.6. The van der Waals surface area contributed by atoms with Crippen LogP contribution in [0.15, 0.2) is 53.7 Å². The van der Waals surface area contributed by atoms with Crippen molar-refractivity contribution in [3.63, 3.8) is 0 Å². The van der Waals surface area contributed by atoms with Crippen LogP contribution in [0.3, 0.4) is 0 Å². The van der Waals surface area contributed by atoms with E-state index in [1.54, 1.807) is 11.0 Å². The number of carbonyl (C=O) groups is 1. The number of rotatable bonds is 5. The fourth-order valence-corrected chi connectivity index (χ4v) is 4.29. The number of amides is 1. The number of thioether (sulfide) groups is 1. The van der Waals surface area contributed by atoms with Crippen molar-refractivity contribution in [3.05, 3.63) is 59.1 Å². The SMILES string of the molecule is CCC(=O)N1c2ccccc2-c2nnc(SCC(C)C)nc2O[C@@H]1c1ccccc1Cl. The monoisotopic (exact) mass is 454 g/mol. The van der Waals surface area contributed by atoms with Gasteiger partial charge < -0.3 is 4.74 Å². The van der Waals surface area contributed by atoms with Crippen LogP contribution < -0.4 is 9.64 Å². The minimum atomic E-state index is -0.775. The summed E-state index contributed by atoms with van der Waals surface area (Å²) >= 11 is 8.05. The van der Waals surface area contributed by atoms with E-state index in [-0.39, 0.29) is 5.91 Å². The second-order valence-corrected chi connectivity index (χ2v) is 8.97. The van der Waals surface area contributed by atoms with E-state index in [9.17, 15) is 4.79 Å². The first-order chi connectivity index (χ1) is 15.0. The molecule has 0 radical (unpaired) electrons. The number of anilines is 1. The van der Waals surface area contributed by atoms with E-state index in [2.05, 4.69) is 29.0 Å². The topological polar surface area (TPSA) is 68.2 Å². The van der Waals surface area contributed by atoms with E-state index in [0.717, 1.165) is 11.3 Å². The molecule has 0 unspecified atom stereocenters. The zero-order valence-corrected chi connectivity index (χ0v) is 19.2. The standard InChI is InChI=1S/C23H23ClN4O2S/c1-4-19(29)28-18-12-8-6-10-16(18)20-21(25-23(27-26-20)31-13-14(2)3)30-22(28)15-9-5-7-11-17(15)24/h5-12,14,22H,4,13H2,1-3H3/t22-/m1/s1. The second kappa shape index (κ2) is 9.24. The van der Waals surface area contributed by atoms with E-state index in [4.69, 9.17) is 16.3 Å².